The molecule has 0 aliphatic heterocycles. The Kier molecular flexibility index (Phi) is 3.49. The number of esters is 1. The van der Waals surface area contributed by atoms with Gasteiger partial charge in [-0.2, -0.15) is 0 Å². The van der Waals surface area contributed by atoms with Crippen LogP contribution in [-0.4, -0.2) is 18.9 Å². The summed E-state index contributed by atoms with van der Waals surface area (Å²) in [5, 5.41) is 0. The van der Waals surface area contributed by atoms with Gasteiger partial charge in [0.2, 0.25) is 0 Å². The third-order valence-electron chi connectivity index (χ3n) is 1.71. The van der Waals surface area contributed by atoms with Gasteiger partial charge < -0.3 is 4.74 Å². The van der Waals surface area contributed by atoms with Gasteiger partial charge in [0, 0.05) is 0 Å². The normalized spacial score (nSPS) is 9.80. The maximum Gasteiger partial charge on any atom is 0.338 e. The highest BCUT2D eigenvalue weighted by Crippen LogP contribution is 2.14. The summed E-state index contributed by atoms with van der Waals surface area (Å²) < 4.78 is 30.6. The Morgan fingerprint density at radius 3 is 2.33 bits per heavy atom. The lowest BCUT2D eigenvalue weighted by Gasteiger charge is -2.03. The smallest absolute Gasteiger partial charge is 0.338 e. The van der Waals surface area contributed by atoms with Crippen LogP contribution in [0.4, 0.5) is 8.78 Å². The monoisotopic (exact) mass is 214 g/mol. The fourth-order valence-corrected chi connectivity index (χ4v) is 1.03. The Bertz CT molecular complexity index is 379. The zero-order chi connectivity index (χ0) is 11.4. The first kappa shape index (κ1) is 11.3. The molecule has 0 fully saturated rings. The minimum atomic E-state index is -1.08. The molecule has 0 radical (unpaired) electrons. The molecule has 0 N–H and O–H groups in total. The predicted molar refractivity (Wildman–Crippen MR) is 47.7 cm³/mol. The Morgan fingerprint density at radius 1 is 1.40 bits per heavy atom. The molecule has 0 aromatic heterocycles. The van der Waals surface area contributed by atoms with Gasteiger partial charge in [-0.25, -0.2) is 13.6 Å². The topological polar surface area (TPSA) is 43.4 Å². The lowest BCUT2D eigenvalue weighted by molar-refractivity contribution is 0.0525. The van der Waals surface area contributed by atoms with E-state index >= 15 is 0 Å². The third-order valence-corrected chi connectivity index (χ3v) is 1.71. The van der Waals surface area contributed by atoms with Crippen molar-refractivity contribution in [1.82, 2.24) is 0 Å². The third kappa shape index (κ3) is 2.37. The Morgan fingerprint density at radius 2 is 1.93 bits per heavy atom. The number of rotatable bonds is 3. The van der Waals surface area contributed by atoms with Crippen molar-refractivity contribution in [3.63, 3.8) is 0 Å². The molecule has 5 heteroatoms. The molecule has 0 unspecified atom stereocenters. The van der Waals surface area contributed by atoms with E-state index < -0.39 is 23.2 Å². The number of aldehydes is 1. The van der Waals surface area contributed by atoms with Crippen molar-refractivity contribution in [1.29, 1.82) is 0 Å². The van der Waals surface area contributed by atoms with Crippen LogP contribution in [0, 0.1) is 11.6 Å². The average Bonchev–Trinajstić information content (AvgIpc) is 2.17. The highest BCUT2D eigenvalue weighted by Gasteiger charge is 2.15. The van der Waals surface area contributed by atoms with Crippen LogP contribution in [-0.2, 0) is 4.74 Å². The fraction of sp³-hybridized carbons (Fsp3) is 0.200. The molecule has 0 spiro atoms. The Labute approximate surface area is 84.7 Å². The number of benzene rings is 1. The van der Waals surface area contributed by atoms with Crippen LogP contribution in [0.15, 0.2) is 12.1 Å². The SMILES string of the molecule is CCOC(=O)c1cc(F)c(C=O)c(F)c1. The van der Waals surface area contributed by atoms with Crippen LogP contribution in [0.3, 0.4) is 0 Å². The van der Waals surface area contributed by atoms with Gasteiger partial charge in [0.15, 0.2) is 6.29 Å². The van der Waals surface area contributed by atoms with Crippen LogP contribution < -0.4 is 0 Å². The Balaban J connectivity index is 3.13. The van der Waals surface area contributed by atoms with Gasteiger partial charge in [0.1, 0.15) is 11.6 Å². The number of ether oxygens (including phenoxy) is 1. The van der Waals surface area contributed by atoms with E-state index in [1.165, 1.54) is 0 Å². The van der Waals surface area contributed by atoms with Gasteiger partial charge >= 0.3 is 5.97 Å². The molecule has 15 heavy (non-hydrogen) atoms. The minimum Gasteiger partial charge on any atom is -0.462 e. The molecule has 0 aliphatic rings. The van der Waals surface area contributed by atoms with Crippen molar-refractivity contribution in [2.45, 2.75) is 6.92 Å². The molecule has 0 heterocycles. The highest BCUT2D eigenvalue weighted by atomic mass is 19.1. The lowest BCUT2D eigenvalue weighted by atomic mass is 10.1. The number of hydrogen-bond donors (Lipinski definition) is 0. The molecular weight excluding hydrogens is 206 g/mol. The molecule has 80 valence electrons. The second-order valence-corrected chi connectivity index (χ2v) is 2.69. The van der Waals surface area contributed by atoms with E-state index in [9.17, 15) is 18.4 Å². The summed E-state index contributed by atoms with van der Waals surface area (Å²) in [6, 6.07) is 1.54. The summed E-state index contributed by atoms with van der Waals surface area (Å²) in [5.41, 5.74) is -0.944. The molecule has 0 bridgehead atoms. The van der Waals surface area contributed by atoms with Crippen molar-refractivity contribution < 1.29 is 23.1 Å². The van der Waals surface area contributed by atoms with Gasteiger partial charge in [0.05, 0.1) is 17.7 Å². The van der Waals surface area contributed by atoms with E-state index in [4.69, 9.17) is 0 Å². The molecule has 0 saturated carbocycles. The van der Waals surface area contributed by atoms with E-state index in [0.717, 1.165) is 12.1 Å². The van der Waals surface area contributed by atoms with Crippen LogP contribution in [0.1, 0.15) is 27.6 Å². The molecular formula is C10H8F2O3. The van der Waals surface area contributed by atoms with Crippen LogP contribution in [0.5, 0.6) is 0 Å². The number of hydrogen-bond acceptors (Lipinski definition) is 3. The standard InChI is InChI=1S/C10H8F2O3/c1-2-15-10(14)6-3-8(11)7(5-13)9(12)4-6/h3-5H,2H2,1H3. The van der Waals surface area contributed by atoms with Crippen LogP contribution in [0.2, 0.25) is 0 Å². The first-order valence-corrected chi connectivity index (χ1v) is 4.21. The first-order valence-electron chi connectivity index (χ1n) is 4.21. The van der Waals surface area contributed by atoms with Gasteiger partial charge in [-0.05, 0) is 19.1 Å². The largest absolute Gasteiger partial charge is 0.462 e. The van der Waals surface area contributed by atoms with E-state index in [2.05, 4.69) is 4.74 Å². The quantitative estimate of drug-likeness (QED) is 0.570. The molecule has 3 nitrogen and oxygen atoms in total. The second-order valence-electron chi connectivity index (χ2n) is 2.69. The molecule has 0 amide bonds. The van der Waals surface area contributed by atoms with E-state index in [1.807, 2.05) is 0 Å². The van der Waals surface area contributed by atoms with Crippen molar-refractivity contribution in [2.24, 2.45) is 0 Å². The van der Waals surface area contributed by atoms with Crippen LogP contribution >= 0.6 is 0 Å². The summed E-state index contributed by atoms with van der Waals surface area (Å²) in [6.07, 6.45) is 0.0552. The van der Waals surface area contributed by atoms with Crippen molar-refractivity contribution in [3.8, 4) is 0 Å². The van der Waals surface area contributed by atoms with Crippen molar-refractivity contribution in [2.75, 3.05) is 6.61 Å². The van der Waals surface area contributed by atoms with E-state index in [1.54, 1.807) is 6.92 Å². The minimum absolute atomic E-state index is 0.0552. The number of carbonyl (C=O) groups excluding carboxylic acids is 2. The predicted octanol–water partition coefficient (Wildman–Crippen LogP) is 1.95. The first-order chi connectivity index (χ1) is 7.10. The highest BCUT2D eigenvalue weighted by molar-refractivity contribution is 5.90. The van der Waals surface area contributed by atoms with Crippen molar-refractivity contribution in [3.05, 3.63) is 34.9 Å². The maximum absolute atomic E-state index is 13.0. The molecule has 0 saturated heterocycles. The molecule has 0 aliphatic carbocycles. The van der Waals surface area contributed by atoms with Gasteiger partial charge in [-0.15, -0.1) is 0 Å². The van der Waals surface area contributed by atoms with Gasteiger partial charge in [-0.3, -0.25) is 4.79 Å². The number of carbonyl (C=O) groups is 2. The summed E-state index contributed by atoms with van der Waals surface area (Å²) >= 11 is 0. The van der Waals surface area contributed by atoms with Gasteiger partial charge in [-0.1, -0.05) is 0 Å². The summed E-state index contributed by atoms with van der Waals surface area (Å²) in [5.74, 6) is -2.98. The second kappa shape index (κ2) is 4.63. The Hall–Kier alpha value is -1.78. The van der Waals surface area contributed by atoms with E-state index in [-0.39, 0.29) is 18.5 Å². The van der Waals surface area contributed by atoms with Crippen molar-refractivity contribution >= 4 is 12.3 Å². The molecule has 0 atom stereocenters. The number of halogens is 2. The zero-order valence-corrected chi connectivity index (χ0v) is 7.92. The fourth-order valence-electron chi connectivity index (χ4n) is 1.03. The average molecular weight is 214 g/mol. The van der Waals surface area contributed by atoms with E-state index in [0.29, 0.717) is 0 Å². The molecule has 1 aromatic carbocycles. The molecule has 1 rings (SSSR count). The molecule has 1 aromatic rings. The zero-order valence-electron chi connectivity index (χ0n) is 7.92. The summed E-state index contributed by atoms with van der Waals surface area (Å²) in [6.45, 7) is 1.68. The lowest BCUT2D eigenvalue weighted by Crippen LogP contribution is -2.07. The summed E-state index contributed by atoms with van der Waals surface area (Å²) in [7, 11) is 0. The maximum atomic E-state index is 13.0. The summed E-state index contributed by atoms with van der Waals surface area (Å²) in [4.78, 5) is 21.4. The van der Waals surface area contributed by atoms with Crippen LogP contribution in [0.25, 0.3) is 0 Å². The van der Waals surface area contributed by atoms with Gasteiger partial charge in [0.25, 0.3) is 0 Å².